The van der Waals surface area contributed by atoms with Crippen LogP contribution in [0, 0.1) is 21.0 Å². The number of hydrogen-bond acceptors (Lipinski definition) is 18. The summed E-state index contributed by atoms with van der Waals surface area (Å²) in [6, 6.07) is 21.9. The Balaban J connectivity index is 0.000000705. The number of aliphatic carboxylic acids is 1. The number of carboxylic acids is 1. The van der Waals surface area contributed by atoms with Gasteiger partial charge in [-0.3, -0.25) is 24.4 Å². The van der Waals surface area contributed by atoms with Crippen molar-refractivity contribution in [3.8, 4) is 22.9 Å². The van der Waals surface area contributed by atoms with Gasteiger partial charge in [-0.15, -0.1) is 12.4 Å². The van der Waals surface area contributed by atoms with Gasteiger partial charge in [-0.1, -0.05) is 44.0 Å². The van der Waals surface area contributed by atoms with Gasteiger partial charge in [-0.25, -0.2) is 36.9 Å². The maximum atomic E-state index is 13.2. The molecule has 496 valence electrons. The summed E-state index contributed by atoms with van der Waals surface area (Å²) in [6.07, 6.45) is 12.8. The Hall–Kier alpha value is -2.94. The second-order valence-corrected chi connectivity index (χ2v) is 26.8. The average molecular weight is 1530 g/mol. The molecule has 0 radical (unpaired) electrons. The number of oxazole rings is 2. The first kappa shape index (κ1) is 85.2. The summed E-state index contributed by atoms with van der Waals surface area (Å²) >= 11 is 6.66. The van der Waals surface area contributed by atoms with Crippen LogP contribution in [0.4, 0.5) is 17.6 Å². The number of unbranched alkanes of at least 4 members (excludes halogenated alkanes) is 1. The number of likely N-dealkylation sites (tertiary alicyclic amines) is 1. The number of carbonyl (C=O) groups is 4. The van der Waals surface area contributed by atoms with Crippen LogP contribution in [0.1, 0.15) is 132 Å². The Kier molecular flexibility index (Phi) is 42.2. The van der Waals surface area contributed by atoms with Gasteiger partial charge in [0.2, 0.25) is 11.8 Å². The number of nitrogens with one attached hydrogen (secondary N) is 2. The van der Waals surface area contributed by atoms with Gasteiger partial charge in [-0.05, 0) is 176 Å². The van der Waals surface area contributed by atoms with Gasteiger partial charge in [0.25, 0.3) is 13.2 Å². The van der Waals surface area contributed by atoms with Crippen molar-refractivity contribution in [1.82, 2.24) is 35.5 Å². The van der Waals surface area contributed by atoms with Gasteiger partial charge in [0, 0.05) is 82.9 Å². The third kappa shape index (κ3) is 30.2. The Morgan fingerprint density at radius 3 is 1.41 bits per heavy atom. The number of rotatable bonds is 20. The van der Waals surface area contributed by atoms with Crippen molar-refractivity contribution in [2.24, 2.45) is 5.73 Å². The third-order valence-corrected chi connectivity index (χ3v) is 19.9. The average Bonchev–Trinajstić information content (AvgIpc) is 1.75. The minimum absolute atomic E-state index is 0. The molecule has 0 unspecified atom stereocenters. The molecule has 4 aromatic heterocycles. The molecule has 3 fully saturated rings. The van der Waals surface area contributed by atoms with Gasteiger partial charge < -0.3 is 44.5 Å². The van der Waals surface area contributed by atoms with Crippen molar-refractivity contribution < 1.29 is 180 Å². The minimum atomic E-state index is -5.08. The number of sulfone groups is 2. The van der Waals surface area contributed by atoms with E-state index in [4.69, 9.17) is 30.7 Å². The molecule has 2 aromatic carbocycles. The summed E-state index contributed by atoms with van der Waals surface area (Å²) < 4.78 is 110. The molecule has 92 heavy (non-hydrogen) atoms. The summed E-state index contributed by atoms with van der Waals surface area (Å²) in [5.41, 5.74) is 11.0. The first-order valence-electron chi connectivity index (χ1n) is 28.7. The van der Waals surface area contributed by atoms with E-state index in [1.165, 1.54) is 25.7 Å². The van der Waals surface area contributed by atoms with Crippen molar-refractivity contribution in [1.29, 1.82) is 1.43 Å². The van der Waals surface area contributed by atoms with Crippen molar-refractivity contribution in [3.05, 3.63) is 150 Å². The van der Waals surface area contributed by atoms with E-state index in [1.54, 1.807) is 94.3 Å². The molecule has 1 aliphatic heterocycles. The predicted molar refractivity (Wildman–Crippen MR) is 341 cm³/mol. The van der Waals surface area contributed by atoms with E-state index in [9.17, 15) is 44.0 Å². The van der Waals surface area contributed by atoms with E-state index < -0.39 is 31.8 Å². The largest absolute Gasteiger partial charge is 1.00 e. The second kappa shape index (κ2) is 45.5. The van der Waals surface area contributed by atoms with Gasteiger partial charge in [0.15, 0.2) is 19.7 Å². The van der Waals surface area contributed by atoms with Crippen LogP contribution in [0.5, 0.6) is 0 Å². The molecule has 5 heterocycles. The molecule has 0 atom stereocenters. The predicted octanol–water partition coefficient (Wildman–Crippen LogP) is 5.46. The molecule has 6 N–H and O–H groups in total. The van der Waals surface area contributed by atoms with E-state index in [-0.39, 0.29) is 162 Å². The van der Waals surface area contributed by atoms with Crippen LogP contribution < -0.4 is 119 Å². The van der Waals surface area contributed by atoms with E-state index in [1.807, 2.05) is 24.3 Å². The quantitative estimate of drug-likeness (QED) is 0.00926. The Morgan fingerprint density at radius 2 is 1.10 bits per heavy atom. The number of carboxylic acid groups (broad SMARTS) is 1. The molecule has 3 aliphatic rings. The van der Waals surface area contributed by atoms with Crippen LogP contribution in [-0.4, -0.2) is 129 Å². The number of hydrogen-bond donors (Lipinski definition) is 5. The number of pyridine rings is 2. The second-order valence-electron chi connectivity index (χ2n) is 20.7. The normalized spacial score (nSPS) is 16.9. The zero-order valence-electron chi connectivity index (χ0n) is 52.6. The number of nitrogens with two attached hydrogens (primary N) is 1. The number of halogens is 7. The van der Waals surface area contributed by atoms with Crippen molar-refractivity contribution >= 4 is 88.2 Å². The zero-order valence-corrected chi connectivity index (χ0v) is 63.5. The van der Waals surface area contributed by atoms with E-state index in [0.717, 1.165) is 73.4 Å². The fourth-order valence-corrected chi connectivity index (χ4v) is 14.1. The fourth-order valence-electron chi connectivity index (χ4n) is 9.60. The van der Waals surface area contributed by atoms with Crippen LogP contribution in [0.15, 0.2) is 106 Å². The van der Waals surface area contributed by atoms with Crippen LogP contribution in [0.2, 0.25) is 0 Å². The third-order valence-electron chi connectivity index (χ3n) is 14.4. The summed E-state index contributed by atoms with van der Waals surface area (Å²) in [4.78, 5) is 65.6. The maximum absolute atomic E-state index is 13.2. The number of amides is 2. The molecular weight excluding hydrogens is 1450 g/mol. The molecule has 1 saturated heterocycles. The number of aryl methyl sites for hydroxylation is 2. The van der Waals surface area contributed by atoms with Crippen molar-refractivity contribution in [2.45, 2.75) is 144 Å². The number of carbonyl (C=O) groups excluding carboxylic acids is 3. The molecular formula is C60H76Br2ClF4K2N8O13S2+. The molecule has 2 amide bonds. The van der Waals surface area contributed by atoms with Gasteiger partial charge in [-0.2, -0.15) is 20.3 Å². The standard InChI is InChI=1S/C28H34N4O4S.C24H28N4O4S.C4H8Br2.C2HF3O2.CH2F.CH2O3.ClH.2K/c1-20-26(19-37(34,35)25-12-10-24(11-13-25)32-15-2-3-16-32)31-28(36-20)23-8-6-22(7-9-23)27(33)30-18-21-5-4-14-29-17-21;1-16-22(15-33(30,31)21-10-8-20(25)9-11-21)28-24(32-16)19-6-4-18(5-7-19)23(29)27-14-17-3-2-12-26-13-17;5-3-1-2-4-6;3-2(4,5)1(6)7;1-2;2-1-4-3;;;/h4-9,14,17,24-25H,2-3,10-13,15-16,18-19H2,1H3,(H,30,33);2-7,12-13,20-21H,8-11,14-15,25H2,1H3,(H,27,29);1-4H2;(H,6,7);1H2;1,3H;1H;;/q;;;;-1;;;2*+1/i/hD. The Bertz CT molecular complexity index is 3360. The van der Waals surface area contributed by atoms with Crippen LogP contribution in [-0.2, 0) is 58.7 Å². The van der Waals surface area contributed by atoms with E-state index >= 15 is 0 Å². The zero-order chi connectivity index (χ0) is 66.3. The summed E-state index contributed by atoms with van der Waals surface area (Å²) in [5.74, 6) is -1.69. The molecule has 9 rings (SSSR count). The van der Waals surface area contributed by atoms with Gasteiger partial charge in [0.1, 0.15) is 11.5 Å². The van der Waals surface area contributed by atoms with Gasteiger partial charge >= 0.3 is 121 Å². The molecule has 2 aliphatic carbocycles. The van der Waals surface area contributed by atoms with Crippen LogP contribution >= 0.6 is 44.3 Å². The molecule has 0 bridgehead atoms. The van der Waals surface area contributed by atoms with Gasteiger partial charge in [0.05, 0.1) is 33.4 Å². The van der Waals surface area contributed by atoms with Crippen LogP contribution in [0.3, 0.4) is 0 Å². The first-order valence-corrected chi connectivity index (χ1v) is 34.0. The monoisotopic (exact) mass is 1530 g/mol. The number of benzene rings is 2. The number of aromatic nitrogens is 4. The SMILES string of the molecule is BrCCCCBr.Cc1oc(-c2ccc(C(=O)NCc3cccnc3)cc2)nc1CS(=O)(=O)C1CCC(N)CC1.Cc1oc(-c2ccc(C(=O)NCc3cccnc3)cc2)nc1CS(=O)(=O)C1CCC(N2CCCC2)CC1.Cl.O=C(O)C(F)(F)F.[2H]OOC=O.[CH2-]F.[K+].[K+]. The van der Waals surface area contributed by atoms with Crippen molar-refractivity contribution in [3.63, 3.8) is 0 Å². The van der Waals surface area contributed by atoms with E-state index in [0.29, 0.717) is 88.9 Å². The van der Waals surface area contributed by atoms with Crippen molar-refractivity contribution in [2.75, 3.05) is 23.7 Å². The molecule has 32 heteroatoms. The van der Waals surface area contributed by atoms with E-state index in [2.05, 4.69) is 77.5 Å². The topological polar surface area (TPSA) is 317 Å². The smallest absolute Gasteiger partial charge is 0.475 e. The minimum Gasteiger partial charge on any atom is -0.475 e. The maximum Gasteiger partial charge on any atom is 1.00 e. The molecule has 2 saturated carbocycles. The summed E-state index contributed by atoms with van der Waals surface area (Å²) in [6.45, 7) is 6.58. The molecule has 6 aromatic rings. The Morgan fingerprint density at radius 1 is 0.717 bits per heavy atom. The molecule has 21 nitrogen and oxygen atoms in total. The summed E-state index contributed by atoms with van der Waals surface area (Å²) in [7, 11) is -4.90. The summed E-state index contributed by atoms with van der Waals surface area (Å²) in [5, 5.41) is 17.5. The number of nitrogens with zero attached hydrogens (tertiary/aromatic N) is 5. The molecule has 0 spiro atoms. The number of alkyl halides is 5. The first-order chi connectivity index (χ1) is 43.0. The fraction of sp³-hybridized carbons (Fsp3) is 0.450. The van der Waals surface area contributed by atoms with Crippen LogP contribution in [0.25, 0.3) is 24.3 Å². The Labute approximate surface area is 643 Å².